The van der Waals surface area contributed by atoms with Crippen LogP contribution in [0.2, 0.25) is 0 Å². The molecular weight excluding hydrogens is 202 g/mol. The van der Waals surface area contributed by atoms with E-state index in [1.807, 2.05) is 19.1 Å². The number of nitrogens with two attached hydrogens (primary N) is 1. The first-order chi connectivity index (χ1) is 7.72. The van der Waals surface area contributed by atoms with Gasteiger partial charge in [-0.1, -0.05) is 17.7 Å². The number of aryl methyl sites for hydroxylation is 1. The van der Waals surface area contributed by atoms with Gasteiger partial charge in [-0.25, -0.2) is 0 Å². The minimum absolute atomic E-state index is 0.0225. The Balaban J connectivity index is 2.24. The highest BCUT2D eigenvalue weighted by molar-refractivity contribution is 5.86. The fourth-order valence-corrected chi connectivity index (χ4v) is 1.99. The van der Waals surface area contributed by atoms with Gasteiger partial charge >= 0.3 is 0 Å². The lowest BCUT2D eigenvalue weighted by atomic mass is 10.1. The molecular formula is C12H17N3O. The van der Waals surface area contributed by atoms with E-state index in [1.54, 1.807) is 0 Å². The number of carbonyl (C=O) groups excluding carboxylic acids is 1. The summed E-state index contributed by atoms with van der Waals surface area (Å²) in [6, 6.07) is 7.94. The second-order valence-corrected chi connectivity index (χ2v) is 4.07. The van der Waals surface area contributed by atoms with Crippen molar-refractivity contribution in [2.75, 3.05) is 24.5 Å². The van der Waals surface area contributed by atoms with Crippen molar-refractivity contribution in [3.63, 3.8) is 0 Å². The average Bonchev–Trinajstić information content (AvgIpc) is 2.30. The summed E-state index contributed by atoms with van der Waals surface area (Å²) in [4.78, 5) is 13.7. The van der Waals surface area contributed by atoms with Gasteiger partial charge < -0.3 is 16.0 Å². The number of anilines is 1. The Morgan fingerprint density at radius 1 is 1.44 bits per heavy atom. The second-order valence-electron chi connectivity index (χ2n) is 4.07. The second kappa shape index (κ2) is 4.53. The van der Waals surface area contributed by atoms with Crippen molar-refractivity contribution < 1.29 is 4.79 Å². The molecule has 1 saturated heterocycles. The van der Waals surface area contributed by atoms with E-state index in [2.05, 4.69) is 22.3 Å². The highest BCUT2D eigenvalue weighted by atomic mass is 16.2. The van der Waals surface area contributed by atoms with Crippen molar-refractivity contribution in [1.29, 1.82) is 0 Å². The third-order valence-electron chi connectivity index (χ3n) is 2.92. The van der Waals surface area contributed by atoms with E-state index >= 15 is 0 Å². The highest BCUT2D eigenvalue weighted by Crippen LogP contribution is 2.18. The maximum atomic E-state index is 11.6. The van der Waals surface area contributed by atoms with E-state index in [-0.39, 0.29) is 11.9 Å². The highest BCUT2D eigenvalue weighted by Gasteiger charge is 2.28. The van der Waals surface area contributed by atoms with Crippen LogP contribution in [0.4, 0.5) is 5.69 Å². The fourth-order valence-electron chi connectivity index (χ4n) is 1.99. The van der Waals surface area contributed by atoms with Crippen LogP contribution in [0.3, 0.4) is 0 Å². The van der Waals surface area contributed by atoms with Gasteiger partial charge in [0, 0.05) is 25.3 Å². The molecule has 1 heterocycles. The molecule has 0 spiro atoms. The first-order valence-electron chi connectivity index (χ1n) is 5.53. The minimum atomic E-state index is -0.239. The molecule has 1 aliphatic heterocycles. The van der Waals surface area contributed by atoms with E-state index in [1.165, 1.54) is 5.56 Å². The summed E-state index contributed by atoms with van der Waals surface area (Å²) in [6.45, 7) is 3.90. The number of rotatable bonds is 2. The molecule has 16 heavy (non-hydrogen) atoms. The van der Waals surface area contributed by atoms with Gasteiger partial charge in [0.05, 0.1) is 0 Å². The molecule has 1 unspecified atom stereocenters. The van der Waals surface area contributed by atoms with Crippen molar-refractivity contribution in [3.05, 3.63) is 29.8 Å². The van der Waals surface area contributed by atoms with Gasteiger partial charge in [0.2, 0.25) is 5.91 Å². The molecule has 1 fully saturated rings. The molecule has 2 rings (SSSR count). The van der Waals surface area contributed by atoms with E-state index in [4.69, 9.17) is 5.73 Å². The molecule has 0 saturated carbocycles. The van der Waals surface area contributed by atoms with E-state index in [0.717, 1.165) is 12.2 Å². The standard InChI is InChI=1S/C12H17N3O/c1-9-2-4-10(5-3-9)15-7-6-14-12(16)11(15)8-13/h2-5,11H,6-8,13H2,1H3,(H,14,16). The maximum Gasteiger partial charge on any atom is 0.244 e. The van der Waals surface area contributed by atoms with E-state index in [9.17, 15) is 4.79 Å². The zero-order valence-electron chi connectivity index (χ0n) is 9.44. The largest absolute Gasteiger partial charge is 0.357 e. The van der Waals surface area contributed by atoms with Crippen LogP contribution in [-0.4, -0.2) is 31.6 Å². The fraction of sp³-hybridized carbons (Fsp3) is 0.417. The quantitative estimate of drug-likeness (QED) is 0.750. The van der Waals surface area contributed by atoms with Gasteiger partial charge in [-0.2, -0.15) is 0 Å². The van der Waals surface area contributed by atoms with Crippen molar-refractivity contribution in [1.82, 2.24) is 5.32 Å². The molecule has 1 aromatic rings. The van der Waals surface area contributed by atoms with Gasteiger partial charge in [0.25, 0.3) is 0 Å². The van der Waals surface area contributed by atoms with Crippen LogP contribution in [-0.2, 0) is 4.79 Å². The zero-order chi connectivity index (χ0) is 11.5. The molecule has 1 aliphatic rings. The lowest BCUT2D eigenvalue weighted by molar-refractivity contribution is -0.123. The molecule has 4 nitrogen and oxygen atoms in total. The third-order valence-corrected chi connectivity index (χ3v) is 2.92. The third kappa shape index (κ3) is 2.02. The molecule has 1 amide bonds. The number of nitrogens with zero attached hydrogens (tertiary/aromatic N) is 1. The molecule has 1 aromatic carbocycles. The van der Waals surface area contributed by atoms with Gasteiger partial charge in [-0.3, -0.25) is 4.79 Å². The van der Waals surface area contributed by atoms with Crippen molar-refractivity contribution in [2.24, 2.45) is 5.73 Å². The van der Waals surface area contributed by atoms with Crippen LogP contribution >= 0.6 is 0 Å². The number of nitrogens with one attached hydrogen (secondary N) is 1. The molecule has 0 aromatic heterocycles. The number of amides is 1. The topological polar surface area (TPSA) is 58.4 Å². The number of hydrogen-bond donors (Lipinski definition) is 2. The Morgan fingerprint density at radius 3 is 2.75 bits per heavy atom. The summed E-state index contributed by atoms with van der Waals surface area (Å²) >= 11 is 0. The summed E-state index contributed by atoms with van der Waals surface area (Å²) in [7, 11) is 0. The molecule has 0 aliphatic carbocycles. The number of benzene rings is 1. The monoisotopic (exact) mass is 219 g/mol. The lowest BCUT2D eigenvalue weighted by Gasteiger charge is -2.36. The lowest BCUT2D eigenvalue weighted by Crippen LogP contribution is -2.58. The Bertz CT molecular complexity index is 374. The average molecular weight is 219 g/mol. The predicted molar refractivity (Wildman–Crippen MR) is 64.4 cm³/mol. The van der Waals surface area contributed by atoms with Crippen LogP contribution in [0.5, 0.6) is 0 Å². The Morgan fingerprint density at radius 2 is 2.12 bits per heavy atom. The molecule has 1 atom stereocenters. The van der Waals surface area contributed by atoms with Crippen molar-refractivity contribution >= 4 is 11.6 Å². The smallest absolute Gasteiger partial charge is 0.244 e. The molecule has 86 valence electrons. The molecule has 3 N–H and O–H groups in total. The van der Waals surface area contributed by atoms with Gasteiger partial charge in [-0.15, -0.1) is 0 Å². The molecule has 0 radical (unpaired) electrons. The van der Waals surface area contributed by atoms with Gasteiger partial charge in [0.15, 0.2) is 0 Å². The van der Waals surface area contributed by atoms with Crippen LogP contribution in [0.1, 0.15) is 5.56 Å². The number of piperazine rings is 1. The van der Waals surface area contributed by atoms with E-state index < -0.39 is 0 Å². The molecule has 4 heteroatoms. The predicted octanol–water partition coefficient (Wildman–Crippen LogP) is 0.259. The number of carbonyl (C=O) groups is 1. The summed E-state index contributed by atoms with van der Waals surface area (Å²) in [6.07, 6.45) is 0. The van der Waals surface area contributed by atoms with Crippen LogP contribution < -0.4 is 16.0 Å². The van der Waals surface area contributed by atoms with Crippen LogP contribution in [0, 0.1) is 6.92 Å². The normalized spacial score (nSPS) is 20.8. The Kier molecular flexibility index (Phi) is 3.10. The SMILES string of the molecule is Cc1ccc(N2CCNC(=O)C2CN)cc1. The van der Waals surface area contributed by atoms with Crippen LogP contribution in [0.25, 0.3) is 0 Å². The van der Waals surface area contributed by atoms with E-state index in [0.29, 0.717) is 13.1 Å². The first-order valence-corrected chi connectivity index (χ1v) is 5.53. The van der Waals surface area contributed by atoms with Gasteiger partial charge in [0.1, 0.15) is 6.04 Å². The van der Waals surface area contributed by atoms with Crippen LogP contribution in [0.15, 0.2) is 24.3 Å². The summed E-state index contributed by atoms with van der Waals surface area (Å²) in [5, 5.41) is 2.83. The maximum absolute atomic E-state index is 11.6. The molecule has 0 bridgehead atoms. The minimum Gasteiger partial charge on any atom is -0.357 e. The Labute approximate surface area is 95.4 Å². The summed E-state index contributed by atoms with van der Waals surface area (Å²) in [5.74, 6) is 0.0225. The summed E-state index contributed by atoms with van der Waals surface area (Å²) in [5.41, 5.74) is 7.93. The Hall–Kier alpha value is -1.55. The van der Waals surface area contributed by atoms with Crippen molar-refractivity contribution in [2.45, 2.75) is 13.0 Å². The summed E-state index contributed by atoms with van der Waals surface area (Å²) < 4.78 is 0. The van der Waals surface area contributed by atoms with Crippen molar-refractivity contribution in [3.8, 4) is 0 Å². The number of hydrogen-bond acceptors (Lipinski definition) is 3. The van der Waals surface area contributed by atoms with Gasteiger partial charge in [-0.05, 0) is 19.1 Å². The zero-order valence-corrected chi connectivity index (χ0v) is 9.44. The first kappa shape index (κ1) is 11.0.